The number of pyridine rings is 1. The largest absolute Gasteiger partial charge is 0.497 e. The average molecular weight is 739 g/mol. The number of aromatic amines is 1. The van der Waals surface area contributed by atoms with Crippen LogP contribution in [0.2, 0.25) is 10.0 Å². The van der Waals surface area contributed by atoms with Gasteiger partial charge in [0, 0.05) is 32.2 Å². The van der Waals surface area contributed by atoms with Gasteiger partial charge in [-0.1, -0.05) is 66.6 Å². The normalized spacial score (nSPS) is 11.4. The summed E-state index contributed by atoms with van der Waals surface area (Å²) in [6, 6.07) is 13.3. The number of ether oxygens (including phenoxy) is 2. The van der Waals surface area contributed by atoms with Gasteiger partial charge in [0.1, 0.15) is 27.9 Å². The maximum absolute atomic E-state index is 13.1. The number of fused-ring (bicyclic) bond motifs is 1. The number of hydrogen-bond donors (Lipinski definition) is 3. The molecule has 0 fully saturated rings. The fourth-order valence-electron chi connectivity index (χ4n) is 4.07. The predicted molar refractivity (Wildman–Crippen MR) is 179 cm³/mol. The Balaban J connectivity index is 0.00000141. The summed E-state index contributed by atoms with van der Waals surface area (Å²) >= 11 is 15.0. The van der Waals surface area contributed by atoms with Crippen LogP contribution in [0.1, 0.15) is 27.8 Å². The zero-order valence-electron chi connectivity index (χ0n) is 25.0. The first-order valence-electron chi connectivity index (χ1n) is 13.5. The highest BCUT2D eigenvalue weighted by atomic mass is 127. The number of rotatable bonds is 6. The second kappa shape index (κ2) is 13.3. The van der Waals surface area contributed by atoms with E-state index in [1.807, 2.05) is 73.7 Å². The van der Waals surface area contributed by atoms with Crippen molar-refractivity contribution in [1.29, 1.82) is 0 Å². The summed E-state index contributed by atoms with van der Waals surface area (Å²) in [4.78, 5) is 32.4. The third-order valence-electron chi connectivity index (χ3n) is 6.30. The number of aromatic nitrogens is 5. The van der Waals surface area contributed by atoms with Crippen LogP contribution < -0.4 is 25.8 Å². The molecule has 5 aromatic rings. The van der Waals surface area contributed by atoms with Gasteiger partial charge < -0.3 is 14.8 Å². The number of benzene rings is 2. The summed E-state index contributed by atoms with van der Waals surface area (Å²) in [5.41, 5.74) is 2.04. The van der Waals surface area contributed by atoms with Gasteiger partial charge in [-0.2, -0.15) is 5.10 Å². The number of imidazole rings is 1. The minimum atomic E-state index is -0.551. The smallest absolute Gasteiger partial charge is 0.327 e. The number of nitrogens with zero attached hydrogens (tertiary/aromatic N) is 4. The van der Waals surface area contributed by atoms with E-state index in [0.717, 1.165) is 11.4 Å². The number of hydrogen-bond acceptors (Lipinski definition) is 6. The highest BCUT2D eigenvalue weighted by Crippen LogP contribution is 2.40. The number of urea groups is 1. The van der Waals surface area contributed by atoms with E-state index in [4.69, 9.17) is 39.1 Å². The average Bonchev–Trinajstić information content (AvgIpc) is 3.54. The molecule has 0 aliphatic rings. The molecule has 0 atom stereocenters. The highest BCUT2D eigenvalue weighted by Gasteiger charge is 2.22. The number of nitrogens with one attached hydrogen (secondary N) is 3. The predicted octanol–water partition coefficient (Wildman–Crippen LogP) is 7.55. The summed E-state index contributed by atoms with van der Waals surface area (Å²) in [7, 11) is 3.19. The van der Waals surface area contributed by atoms with Gasteiger partial charge >= 0.3 is 11.7 Å². The first-order chi connectivity index (χ1) is 20.9. The standard InChI is InChI=1S/C28H27Cl2N7O4.CH3I/c1-28(2,3)20-14-21(37(35-20)15-6-8-16(40-5)9-7-15)33-26(38)32-17-10-11-18(23(30)22(17)29)41-19-12-13-31-25-24(19)36(4)27(39)34-25;1-2/h6-14H,1-5H3,(H,31,34,39)(H2,32,33,38);1H3/i;1D. The third kappa shape index (κ3) is 6.92. The molecule has 0 saturated carbocycles. The van der Waals surface area contributed by atoms with E-state index in [2.05, 4.69) is 20.6 Å². The van der Waals surface area contributed by atoms with Crippen LogP contribution in [0.4, 0.5) is 16.3 Å². The van der Waals surface area contributed by atoms with Crippen LogP contribution in [0.3, 0.4) is 0 Å². The molecule has 2 aromatic carbocycles. The zero-order valence-corrected chi connectivity index (χ0v) is 27.6. The molecule has 0 aliphatic heterocycles. The van der Waals surface area contributed by atoms with Gasteiger partial charge in [0.15, 0.2) is 11.4 Å². The van der Waals surface area contributed by atoms with Crippen LogP contribution in [0, 0.1) is 0 Å². The van der Waals surface area contributed by atoms with Crippen molar-refractivity contribution in [2.75, 3.05) is 22.6 Å². The Morgan fingerprint density at radius 1 is 1.07 bits per heavy atom. The van der Waals surface area contributed by atoms with Crippen molar-refractivity contribution in [1.82, 2.24) is 24.3 Å². The molecule has 0 radical (unpaired) electrons. The van der Waals surface area contributed by atoms with Crippen LogP contribution >= 0.6 is 45.8 Å². The Hall–Kier alpha value is -3.75. The van der Waals surface area contributed by atoms with Crippen molar-refractivity contribution in [2.24, 2.45) is 7.05 Å². The Morgan fingerprint density at radius 3 is 2.42 bits per heavy atom. The maximum atomic E-state index is 13.1. The van der Waals surface area contributed by atoms with Crippen molar-refractivity contribution < 1.29 is 15.6 Å². The number of methoxy groups -OCH3 is 1. The number of alkyl halides is 1. The molecule has 5 rings (SSSR count). The molecule has 0 spiro atoms. The lowest BCUT2D eigenvalue weighted by atomic mass is 9.92. The van der Waals surface area contributed by atoms with Gasteiger partial charge in [-0.25, -0.2) is 19.3 Å². The molecule has 0 unspecified atom stereocenters. The lowest BCUT2D eigenvalue weighted by molar-refractivity contribution is 0.262. The molecule has 3 N–H and O–H groups in total. The van der Waals surface area contributed by atoms with Crippen molar-refractivity contribution in [3.8, 4) is 22.9 Å². The van der Waals surface area contributed by atoms with Crippen molar-refractivity contribution in [2.45, 2.75) is 26.2 Å². The second-order valence-electron chi connectivity index (χ2n) is 10.2. The summed E-state index contributed by atoms with van der Waals surface area (Å²) < 4.78 is 20.5. The van der Waals surface area contributed by atoms with Crippen molar-refractivity contribution in [3.63, 3.8) is 0 Å². The van der Waals surface area contributed by atoms with E-state index >= 15 is 0 Å². The van der Waals surface area contributed by atoms with E-state index < -0.39 is 6.03 Å². The van der Waals surface area contributed by atoms with Crippen LogP contribution in [0.5, 0.6) is 17.2 Å². The SMILES string of the molecule is COc1ccc(-n2nc(C(C)(C)C)cc2NC(=O)Nc2ccc(Oc3ccnc4[nH]c(=O)n(C)c34)c(Cl)c2Cl)cc1.[2H]CI. The highest BCUT2D eigenvalue weighted by molar-refractivity contribution is 14.1. The van der Waals surface area contributed by atoms with Crippen LogP contribution in [-0.4, -0.2) is 42.4 Å². The Kier molecular flexibility index (Phi) is 9.47. The molecular weight excluding hydrogens is 708 g/mol. The first-order valence-corrected chi connectivity index (χ1v) is 15.0. The number of carbonyl (C=O) groups excluding carboxylic acids is 1. The number of H-pyrrole nitrogens is 1. The maximum Gasteiger partial charge on any atom is 0.327 e. The Labute approximate surface area is 273 Å². The molecule has 2 amide bonds. The molecule has 3 aromatic heterocycles. The quantitative estimate of drug-likeness (QED) is 0.122. The summed E-state index contributed by atoms with van der Waals surface area (Å²) in [6.07, 6.45) is 1.51. The van der Waals surface area contributed by atoms with Gasteiger partial charge in [0.2, 0.25) is 0 Å². The van der Waals surface area contributed by atoms with Gasteiger partial charge in [0.05, 0.1) is 29.2 Å². The third-order valence-corrected chi connectivity index (χ3v) is 7.17. The van der Waals surface area contributed by atoms with Gasteiger partial charge in [-0.3, -0.25) is 14.9 Å². The van der Waals surface area contributed by atoms with Crippen LogP contribution in [0.25, 0.3) is 16.9 Å². The van der Waals surface area contributed by atoms with E-state index in [9.17, 15) is 9.59 Å². The van der Waals surface area contributed by atoms with Crippen LogP contribution in [-0.2, 0) is 12.5 Å². The number of carbonyl (C=O) groups is 1. The van der Waals surface area contributed by atoms with Gasteiger partial charge in [-0.05, 0) is 41.3 Å². The fraction of sp³-hybridized carbons (Fsp3) is 0.241. The molecule has 0 bridgehead atoms. The molecule has 43 heavy (non-hydrogen) atoms. The van der Waals surface area contributed by atoms with E-state index in [0.29, 0.717) is 33.4 Å². The van der Waals surface area contributed by atoms with E-state index in [-0.39, 0.29) is 32.6 Å². The summed E-state index contributed by atoms with van der Waals surface area (Å²) in [5, 5.41) is 10.5. The van der Waals surface area contributed by atoms with Crippen molar-refractivity contribution >= 4 is 74.5 Å². The van der Waals surface area contributed by atoms with Gasteiger partial charge in [0.25, 0.3) is 0 Å². The number of amides is 2. The topological polar surface area (TPSA) is 128 Å². The minimum Gasteiger partial charge on any atom is -0.497 e. The van der Waals surface area contributed by atoms with E-state index in [1.165, 1.54) is 10.8 Å². The Morgan fingerprint density at radius 2 is 1.77 bits per heavy atom. The number of aryl methyl sites for hydroxylation is 1. The summed E-state index contributed by atoms with van der Waals surface area (Å²) in [6.45, 7) is 6.11. The van der Waals surface area contributed by atoms with Crippen molar-refractivity contribution in [3.05, 3.63) is 81.0 Å². The Bertz CT molecular complexity index is 1850. The molecule has 0 aliphatic carbocycles. The molecule has 14 heteroatoms. The minimum absolute atomic E-state index is 0.0756. The fourth-order valence-corrected chi connectivity index (χ4v) is 4.48. The molecule has 3 heterocycles. The summed E-state index contributed by atoms with van der Waals surface area (Å²) in [5.74, 6) is 1.75. The number of anilines is 2. The lowest BCUT2D eigenvalue weighted by Gasteiger charge is -2.14. The zero-order chi connectivity index (χ0) is 32.2. The molecule has 0 saturated heterocycles. The monoisotopic (exact) mass is 738 g/mol. The lowest BCUT2D eigenvalue weighted by Crippen LogP contribution is -2.21. The molecule has 226 valence electrons. The van der Waals surface area contributed by atoms with Gasteiger partial charge in [-0.15, -0.1) is 0 Å². The number of halogens is 3. The van der Waals surface area contributed by atoms with Crippen LogP contribution in [0.15, 0.2) is 59.5 Å². The molecule has 11 nitrogen and oxygen atoms in total. The second-order valence-corrected chi connectivity index (χ2v) is 10.9. The van der Waals surface area contributed by atoms with E-state index in [1.54, 1.807) is 37.0 Å². The molecular formula is C29H30Cl2IN7O4. The first kappa shape index (κ1) is 30.7.